The van der Waals surface area contributed by atoms with Gasteiger partial charge >= 0.3 is 6.03 Å². The lowest BCUT2D eigenvalue weighted by Crippen LogP contribution is -2.41. The lowest BCUT2D eigenvalue weighted by molar-refractivity contribution is 0.176. The fraction of sp³-hybridized carbons (Fsp3) is 0.471. The Balaban J connectivity index is 1.30. The van der Waals surface area contributed by atoms with E-state index in [-0.39, 0.29) is 6.03 Å². The monoisotopic (exact) mass is 333 g/mol. The van der Waals surface area contributed by atoms with Crippen LogP contribution < -0.4 is 10.6 Å². The first-order valence-electron chi connectivity index (χ1n) is 8.08. The standard InChI is InChI=1S/C17H23N3O2S/c21-17(19-12-15-3-1-9-22-15)18-11-14-5-7-20(8-6-14)13-16-4-2-10-23-16/h1-4,9-10,14H,5-8,11-13H2,(H2,18,19,21). The quantitative estimate of drug-likeness (QED) is 0.854. The average molecular weight is 333 g/mol. The van der Waals surface area contributed by atoms with Crippen LogP contribution in [-0.4, -0.2) is 30.6 Å². The van der Waals surface area contributed by atoms with Gasteiger partial charge in [0.15, 0.2) is 0 Å². The van der Waals surface area contributed by atoms with Gasteiger partial charge in [0.1, 0.15) is 5.76 Å². The number of carbonyl (C=O) groups excluding carboxylic acids is 1. The first-order chi connectivity index (χ1) is 11.3. The minimum atomic E-state index is -0.123. The number of carbonyl (C=O) groups is 1. The molecular weight excluding hydrogens is 310 g/mol. The van der Waals surface area contributed by atoms with E-state index in [4.69, 9.17) is 4.42 Å². The molecule has 2 N–H and O–H groups in total. The van der Waals surface area contributed by atoms with Crippen molar-refractivity contribution in [1.82, 2.24) is 15.5 Å². The highest BCUT2D eigenvalue weighted by molar-refractivity contribution is 7.09. The second-order valence-electron chi connectivity index (χ2n) is 5.94. The van der Waals surface area contributed by atoms with Gasteiger partial charge < -0.3 is 15.1 Å². The van der Waals surface area contributed by atoms with Crippen molar-refractivity contribution in [1.29, 1.82) is 0 Å². The van der Waals surface area contributed by atoms with Crippen molar-refractivity contribution < 1.29 is 9.21 Å². The summed E-state index contributed by atoms with van der Waals surface area (Å²) in [5, 5.41) is 7.91. The number of likely N-dealkylation sites (tertiary alicyclic amines) is 1. The number of piperidine rings is 1. The van der Waals surface area contributed by atoms with Crippen LogP contribution in [0.1, 0.15) is 23.5 Å². The Hall–Kier alpha value is -1.79. The van der Waals surface area contributed by atoms with E-state index in [9.17, 15) is 4.79 Å². The van der Waals surface area contributed by atoms with Crippen LogP contribution in [0.4, 0.5) is 4.79 Å². The predicted molar refractivity (Wildman–Crippen MR) is 91.3 cm³/mol. The molecule has 2 aromatic heterocycles. The van der Waals surface area contributed by atoms with Gasteiger partial charge in [0.2, 0.25) is 0 Å². The maximum Gasteiger partial charge on any atom is 0.315 e. The van der Waals surface area contributed by atoms with Crippen molar-refractivity contribution in [2.75, 3.05) is 19.6 Å². The molecule has 5 nitrogen and oxygen atoms in total. The molecule has 1 fully saturated rings. The first-order valence-corrected chi connectivity index (χ1v) is 8.96. The molecule has 0 unspecified atom stereocenters. The number of amides is 2. The van der Waals surface area contributed by atoms with E-state index in [1.54, 1.807) is 6.26 Å². The van der Waals surface area contributed by atoms with E-state index in [1.807, 2.05) is 23.5 Å². The number of urea groups is 1. The molecular formula is C17H23N3O2S. The van der Waals surface area contributed by atoms with Gasteiger partial charge in [-0.3, -0.25) is 4.90 Å². The first kappa shape index (κ1) is 16.1. The van der Waals surface area contributed by atoms with Crippen LogP contribution in [0.3, 0.4) is 0 Å². The maximum absolute atomic E-state index is 11.8. The summed E-state index contributed by atoms with van der Waals surface area (Å²) in [5.74, 6) is 1.34. The average Bonchev–Trinajstić information content (AvgIpc) is 3.26. The second kappa shape index (κ2) is 8.17. The zero-order chi connectivity index (χ0) is 15.9. The molecule has 0 atom stereocenters. The van der Waals surface area contributed by atoms with E-state index < -0.39 is 0 Å². The molecule has 3 heterocycles. The molecule has 1 aliphatic rings. The number of nitrogens with one attached hydrogen (secondary N) is 2. The van der Waals surface area contributed by atoms with E-state index in [2.05, 4.69) is 33.0 Å². The Morgan fingerprint density at radius 2 is 2.13 bits per heavy atom. The molecule has 0 aromatic carbocycles. The Morgan fingerprint density at radius 3 is 2.83 bits per heavy atom. The highest BCUT2D eigenvalue weighted by Gasteiger charge is 2.19. The number of rotatable bonds is 6. The zero-order valence-corrected chi connectivity index (χ0v) is 14.0. The minimum Gasteiger partial charge on any atom is -0.467 e. The fourth-order valence-corrected chi connectivity index (χ4v) is 3.60. The summed E-state index contributed by atoms with van der Waals surface area (Å²) in [4.78, 5) is 15.7. The van der Waals surface area contributed by atoms with Crippen molar-refractivity contribution in [3.63, 3.8) is 0 Å². The fourth-order valence-electron chi connectivity index (χ4n) is 2.85. The molecule has 1 saturated heterocycles. The van der Waals surface area contributed by atoms with Crippen molar-refractivity contribution in [3.8, 4) is 0 Å². The van der Waals surface area contributed by atoms with Crippen molar-refractivity contribution >= 4 is 17.4 Å². The number of thiophene rings is 1. The van der Waals surface area contributed by atoms with Crippen LogP contribution in [0.5, 0.6) is 0 Å². The Kier molecular flexibility index (Phi) is 5.71. The van der Waals surface area contributed by atoms with Crippen LogP contribution in [0.25, 0.3) is 0 Å². The molecule has 23 heavy (non-hydrogen) atoms. The van der Waals surface area contributed by atoms with E-state index in [1.165, 1.54) is 4.88 Å². The number of hydrogen-bond donors (Lipinski definition) is 2. The van der Waals surface area contributed by atoms with E-state index >= 15 is 0 Å². The Morgan fingerprint density at radius 1 is 1.26 bits per heavy atom. The molecule has 0 bridgehead atoms. The van der Waals surface area contributed by atoms with Crippen molar-refractivity contribution in [2.24, 2.45) is 5.92 Å². The highest BCUT2D eigenvalue weighted by atomic mass is 32.1. The summed E-state index contributed by atoms with van der Waals surface area (Å²) in [7, 11) is 0. The summed E-state index contributed by atoms with van der Waals surface area (Å²) in [6.07, 6.45) is 3.90. The predicted octanol–water partition coefficient (Wildman–Crippen LogP) is 3.05. The molecule has 0 radical (unpaired) electrons. The van der Waals surface area contributed by atoms with Gasteiger partial charge in [0, 0.05) is 18.0 Å². The summed E-state index contributed by atoms with van der Waals surface area (Å²) in [6, 6.07) is 7.85. The third-order valence-corrected chi connectivity index (χ3v) is 5.08. The largest absolute Gasteiger partial charge is 0.467 e. The van der Waals surface area contributed by atoms with Crippen molar-refractivity contribution in [3.05, 3.63) is 46.5 Å². The van der Waals surface area contributed by atoms with Gasteiger partial charge in [-0.15, -0.1) is 11.3 Å². The molecule has 124 valence electrons. The minimum absolute atomic E-state index is 0.123. The highest BCUT2D eigenvalue weighted by Crippen LogP contribution is 2.20. The topological polar surface area (TPSA) is 57.5 Å². The molecule has 2 aromatic rings. The number of hydrogen-bond acceptors (Lipinski definition) is 4. The lowest BCUT2D eigenvalue weighted by Gasteiger charge is -2.31. The number of furan rings is 1. The number of nitrogens with zero attached hydrogens (tertiary/aromatic N) is 1. The molecule has 1 aliphatic heterocycles. The Bertz CT molecular complexity index is 575. The van der Waals surface area contributed by atoms with Crippen LogP contribution in [-0.2, 0) is 13.1 Å². The smallest absolute Gasteiger partial charge is 0.315 e. The third-order valence-electron chi connectivity index (χ3n) is 4.22. The normalized spacial score (nSPS) is 16.3. The summed E-state index contributed by atoms with van der Waals surface area (Å²) in [6.45, 7) is 4.45. The SMILES string of the molecule is O=C(NCc1ccco1)NCC1CCN(Cc2cccs2)CC1. The molecule has 0 saturated carbocycles. The van der Waals surface area contributed by atoms with Gasteiger partial charge in [-0.25, -0.2) is 4.79 Å². The molecule has 2 amide bonds. The van der Waals surface area contributed by atoms with Gasteiger partial charge in [-0.2, -0.15) is 0 Å². The van der Waals surface area contributed by atoms with Crippen molar-refractivity contribution in [2.45, 2.75) is 25.9 Å². The third kappa shape index (κ3) is 5.11. The second-order valence-corrected chi connectivity index (χ2v) is 6.97. The van der Waals surface area contributed by atoms with E-state index in [0.29, 0.717) is 12.5 Å². The van der Waals surface area contributed by atoms with Gasteiger partial charge in [-0.1, -0.05) is 6.07 Å². The summed E-state index contributed by atoms with van der Waals surface area (Å²) >= 11 is 1.82. The lowest BCUT2D eigenvalue weighted by atomic mass is 9.97. The van der Waals surface area contributed by atoms with Crippen LogP contribution in [0.15, 0.2) is 40.3 Å². The van der Waals surface area contributed by atoms with Gasteiger partial charge in [0.05, 0.1) is 12.8 Å². The maximum atomic E-state index is 11.8. The molecule has 6 heteroatoms. The molecule has 3 rings (SSSR count). The zero-order valence-electron chi connectivity index (χ0n) is 13.2. The summed E-state index contributed by atoms with van der Waals surface area (Å²) < 4.78 is 5.19. The molecule has 0 aliphatic carbocycles. The summed E-state index contributed by atoms with van der Waals surface area (Å²) in [5.41, 5.74) is 0. The van der Waals surface area contributed by atoms with Gasteiger partial charge in [-0.05, 0) is 55.4 Å². The van der Waals surface area contributed by atoms with E-state index in [0.717, 1.165) is 44.8 Å². The van der Waals surface area contributed by atoms with Crippen LogP contribution in [0, 0.1) is 5.92 Å². The Labute approximate surface area is 140 Å². The molecule has 0 spiro atoms. The van der Waals surface area contributed by atoms with Crippen LogP contribution in [0.2, 0.25) is 0 Å². The van der Waals surface area contributed by atoms with Gasteiger partial charge in [0.25, 0.3) is 0 Å². The van der Waals surface area contributed by atoms with Crippen LogP contribution >= 0.6 is 11.3 Å².